The number of para-hydroxylation sites is 1. The molecule has 0 aliphatic carbocycles. The quantitative estimate of drug-likeness (QED) is 0.749. The number of amides is 1. The van der Waals surface area contributed by atoms with Crippen molar-refractivity contribution in [2.24, 2.45) is 0 Å². The number of aromatic nitrogens is 2. The van der Waals surface area contributed by atoms with Crippen molar-refractivity contribution in [2.45, 2.75) is 13.3 Å². The second kappa shape index (κ2) is 7.45. The van der Waals surface area contributed by atoms with Crippen molar-refractivity contribution in [3.63, 3.8) is 0 Å². The van der Waals surface area contributed by atoms with Crippen LogP contribution in [0.1, 0.15) is 22.8 Å². The number of hydrogen-bond acceptors (Lipinski definition) is 5. The fraction of sp³-hybridized carbons (Fsp3) is 0.190. The third-order valence-corrected chi connectivity index (χ3v) is 4.45. The monoisotopic (exact) mass is 360 g/mol. The molecule has 27 heavy (non-hydrogen) atoms. The number of ether oxygens (including phenoxy) is 1. The summed E-state index contributed by atoms with van der Waals surface area (Å²) >= 11 is 0. The van der Waals surface area contributed by atoms with E-state index in [4.69, 9.17) is 4.74 Å². The number of anilines is 3. The number of nitrogens with one attached hydrogen (secondary N) is 1. The van der Waals surface area contributed by atoms with Crippen LogP contribution in [0.25, 0.3) is 0 Å². The molecule has 1 N–H and O–H groups in total. The van der Waals surface area contributed by atoms with Gasteiger partial charge in [-0.2, -0.15) is 0 Å². The van der Waals surface area contributed by atoms with Gasteiger partial charge in [0.25, 0.3) is 5.91 Å². The van der Waals surface area contributed by atoms with E-state index in [0.717, 1.165) is 24.4 Å². The van der Waals surface area contributed by atoms with Crippen LogP contribution in [0.2, 0.25) is 0 Å². The number of carbonyl (C=O) groups is 1. The van der Waals surface area contributed by atoms with Crippen molar-refractivity contribution in [3.05, 3.63) is 72.1 Å². The lowest BCUT2D eigenvalue weighted by Crippen LogP contribution is -2.18. The molecule has 0 saturated heterocycles. The van der Waals surface area contributed by atoms with Gasteiger partial charge in [-0.25, -0.2) is 9.97 Å². The highest BCUT2D eigenvalue weighted by molar-refractivity contribution is 6.03. The van der Waals surface area contributed by atoms with E-state index in [1.165, 1.54) is 5.56 Å². The molecule has 1 aliphatic heterocycles. The molecule has 0 spiro atoms. The van der Waals surface area contributed by atoms with Crippen molar-refractivity contribution in [1.29, 1.82) is 0 Å². The second-order valence-corrected chi connectivity index (χ2v) is 6.21. The summed E-state index contributed by atoms with van der Waals surface area (Å²) in [6.07, 6.45) is 4.10. The Morgan fingerprint density at radius 2 is 1.85 bits per heavy atom. The lowest BCUT2D eigenvalue weighted by atomic mass is 10.2. The molecule has 4 rings (SSSR count). The van der Waals surface area contributed by atoms with E-state index < -0.39 is 0 Å². The Balaban J connectivity index is 1.45. The van der Waals surface area contributed by atoms with Crippen LogP contribution >= 0.6 is 0 Å². The Kier molecular flexibility index (Phi) is 4.70. The van der Waals surface area contributed by atoms with Crippen LogP contribution in [0, 0.1) is 0 Å². The molecule has 0 saturated carbocycles. The minimum Gasteiger partial charge on any atom is -0.494 e. The first-order valence-electron chi connectivity index (χ1n) is 8.96. The van der Waals surface area contributed by atoms with Gasteiger partial charge in [-0.1, -0.05) is 18.2 Å². The van der Waals surface area contributed by atoms with Crippen LogP contribution in [0.3, 0.4) is 0 Å². The lowest BCUT2D eigenvalue weighted by Gasteiger charge is -2.16. The van der Waals surface area contributed by atoms with Crippen molar-refractivity contribution >= 4 is 23.2 Å². The van der Waals surface area contributed by atoms with Gasteiger partial charge in [0.15, 0.2) is 0 Å². The summed E-state index contributed by atoms with van der Waals surface area (Å²) in [5, 5.41) is 2.84. The smallest absolute Gasteiger partial charge is 0.258 e. The summed E-state index contributed by atoms with van der Waals surface area (Å²) in [6, 6.07) is 15.5. The number of fused-ring (bicyclic) bond motifs is 1. The van der Waals surface area contributed by atoms with Gasteiger partial charge in [0.2, 0.25) is 5.95 Å². The van der Waals surface area contributed by atoms with Gasteiger partial charge in [0, 0.05) is 30.3 Å². The second-order valence-electron chi connectivity index (χ2n) is 6.21. The molecule has 0 bridgehead atoms. The summed E-state index contributed by atoms with van der Waals surface area (Å²) in [6.45, 7) is 3.38. The molecule has 2 aromatic carbocycles. The van der Waals surface area contributed by atoms with Gasteiger partial charge >= 0.3 is 0 Å². The van der Waals surface area contributed by atoms with E-state index >= 15 is 0 Å². The number of nitrogens with zero attached hydrogens (tertiary/aromatic N) is 3. The number of rotatable bonds is 5. The van der Waals surface area contributed by atoms with Crippen molar-refractivity contribution < 1.29 is 9.53 Å². The fourth-order valence-corrected chi connectivity index (χ4v) is 3.13. The molecule has 6 nitrogen and oxygen atoms in total. The summed E-state index contributed by atoms with van der Waals surface area (Å²) in [7, 11) is 0. The number of carbonyl (C=O) groups excluding carboxylic acids is 1. The van der Waals surface area contributed by atoms with Crippen molar-refractivity contribution in [1.82, 2.24) is 9.97 Å². The highest BCUT2D eigenvalue weighted by atomic mass is 16.5. The molecule has 3 aromatic rings. The molecule has 0 unspecified atom stereocenters. The maximum atomic E-state index is 12.4. The molecule has 1 aromatic heterocycles. The van der Waals surface area contributed by atoms with Crippen LogP contribution in [0.4, 0.5) is 17.3 Å². The van der Waals surface area contributed by atoms with Crippen LogP contribution in [-0.2, 0) is 6.42 Å². The summed E-state index contributed by atoms with van der Waals surface area (Å²) in [5.41, 5.74) is 3.53. The maximum absolute atomic E-state index is 12.4. The standard InChI is InChI=1S/C21H20N4O2/c1-2-27-18-9-7-17(8-10-18)24-20(26)16-13-22-21(23-14-16)25-12-11-15-5-3-4-6-19(15)25/h3-10,13-14H,2,11-12H2,1H3,(H,24,26). The first-order valence-corrected chi connectivity index (χ1v) is 8.96. The van der Waals surface area contributed by atoms with Gasteiger partial charge in [0.05, 0.1) is 12.2 Å². The Labute approximate surface area is 157 Å². The van der Waals surface area contributed by atoms with Crippen LogP contribution in [-0.4, -0.2) is 29.0 Å². The minimum atomic E-state index is -0.243. The fourth-order valence-electron chi connectivity index (χ4n) is 3.13. The SMILES string of the molecule is CCOc1ccc(NC(=O)c2cnc(N3CCc4ccccc43)nc2)cc1. The molecular weight excluding hydrogens is 340 g/mol. The molecule has 1 amide bonds. The van der Waals surface area contributed by atoms with Crippen molar-refractivity contribution in [3.8, 4) is 5.75 Å². The van der Waals surface area contributed by atoms with E-state index in [0.29, 0.717) is 23.8 Å². The molecule has 2 heterocycles. The average Bonchev–Trinajstić information content (AvgIpc) is 3.14. The Morgan fingerprint density at radius 1 is 1.11 bits per heavy atom. The van der Waals surface area contributed by atoms with Gasteiger partial charge in [-0.3, -0.25) is 4.79 Å². The van der Waals surface area contributed by atoms with Crippen LogP contribution in [0.15, 0.2) is 60.9 Å². The number of benzene rings is 2. The zero-order valence-corrected chi connectivity index (χ0v) is 15.1. The van der Waals surface area contributed by atoms with E-state index in [9.17, 15) is 4.79 Å². The van der Waals surface area contributed by atoms with E-state index in [1.54, 1.807) is 24.5 Å². The minimum absolute atomic E-state index is 0.243. The van der Waals surface area contributed by atoms with Gasteiger partial charge in [0.1, 0.15) is 5.75 Å². The normalized spacial score (nSPS) is 12.6. The summed E-state index contributed by atoms with van der Waals surface area (Å²) in [5.74, 6) is 1.14. The maximum Gasteiger partial charge on any atom is 0.258 e. The molecular formula is C21H20N4O2. The van der Waals surface area contributed by atoms with Crippen LogP contribution < -0.4 is 15.0 Å². The summed E-state index contributed by atoms with van der Waals surface area (Å²) in [4.78, 5) is 23.3. The Bertz CT molecular complexity index is 939. The largest absolute Gasteiger partial charge is 0.494 e. The first-order chi connectivity index (χ1) is 13.2. The third kappa shape index (κ3) is 3.60. The van der Waals surface area contributed by atoms with E-state index in [-0.39, 0.29) is 5.91 Å². The molecule has 0 atom stereocenters. The van der Waals surface area contributed by atoms with Crippen molar-refractivity contribution in [2.75, 3.05) is 23.4 Å². The molecule has 0 fully saturated rings. The van der Waals surface area contributed by atoms with Gasteiger partial charge in [-0.15, -0.1) is 0 Å². The predicted octanol–water partition coefficient (Wildman–Crippen LogP) is 3.82. The zero-order valence-electron chi connectivity index (χ0n) is 15.1. The molecule has 6 heteroatoms. The topological polar surface area (TPSA) is 67.3 Å². The summed E-state index contributed by atoms with van der Waals surface area (Å²) < 4.78 is 5.40. The Morgan fingerprint density at radius 3 is 2.59 bits per heavy atom. The van der Waals surface area contributed by atoms with Gasteiger partial charge < -0.3 is 15.0 Å². The highest BCUT2D eigenvalue weighted by Crippen LogP contribution is 2.31. The third-order valence-electron chi connectivity index (χ3n) is 4.45. The molecule has 136 valence electrons. The van der Waals surface area contributed by atoms with Gasteiger partial charge in [-0.05, 0) is 49.2 Å². The lowest BCUT2D eigenvalue weighted by molar-refractivity contribution is 0.102. The molecule has 0 radical (unpaired) electrons. The predicted molar refractivity (Wildman–Crippen MR) is 105 cm³/mol. The number of hydrogen-bond donors (Lipinski definition) is 1. The average molecular weight is 360 g/mol. The highest BCUT2D eigenvalue weighted by Gasteiger charge is 2.22. The first kappa shape index (κ1) is 17.0. The van der Waals surface area contributed by atoms with E-state index in [2.05, 4.69) is 32.3 Å². The Hall–Kier alpha value is -3.41. The van der Waals surface area contributed by atoms with Crippen LogP contribution in [0.5, 0.6) is 5.75 Å². The van der Waals surface area contributed by atoms with E-state index in [1.807, 2.05) is 31.2 Å². The molecule has 1 aliphatic rings. The zero-order chi connectivity index (χ0) is 18.6.